The van der Waals surface area contributed by atoms with Gasteiger partial charge in [-0.1, -0.05) is 36.4 Å². The lowest BCUT2D eigenvalue weighted by atomic mass is 10.2. The number of aromatic nitrogens is 4. The summed E-state index contributed by atoms with van der Waals surface area (Å²) in [6, 6.07) is 15.1. The monoisotopic (exact) mass is 359 g/mol. The predicted octanol–water partition coefficient (Wildman–Crippen LogP) is 3.33. The molecule has 0 saturated heterocycles. The average molecular weight is 359 g/mol. The third-order valence-corrected chi connectivity index (χ3v) is 4.01. The Morgan fingerprint density at radius 2 is 1.96 bits per heavy atom. The third-order valence-electron chi connectivity index (χ3n) is 4.01. The Bertz CT molecular complexity index is 1150. The fourth-order valence-electron chi connectivity index (χ4n) is 2.79. The zero-order chi connectivity index (χ0) is 18.6. The number of fused-ring (bicyclic) bond motifs is 3. The van der Waals surface area contributed by atoms with Gasteiger partial charge in [0, 0.05) is 16.8 Å². The summed E-state index contributed by atoms with van der Waals surface area (Å²) in [5.74, 6) is 0.812. The maximum Gasteiger partial charge on any atom is 0.248 e. The molecule has 2 aromatic carbocycles. The van der Waals surface area contributed by atoms with Crippen LogP contribution in [0.4, 0.5) is 5.69 Å². The topological polar surface area (TPSA) is 81.4 Å². The van der Waals surface area contributed by atoms with Gasteiger partial charge >= 0.3 is 0 Å². The van der Waals surface area contributed by atoms with Crippen LogP contribution in [-0.4, -0.2) is 32.3 Å². The summed E-state index contributed by atoms with van der Waals surface area (Å²) < 4.78 is 7.12. The lowest BCUT2D eigenvalue weighted by Gasteiger charge is -2.09. The van der Waals surface area contributed by atoms with Crippen molar-refractivity contribution in [3.8, 4) is 5.75 Å². The van der Waals surface area contributed by atoms with E-state index in [1.165, 1.54) is 6.08 Å². The molecule has 0 aliphatic heterocycles. The highest BCUT2D eigenvalue weighted by Gasteiger charge is 2.09. The summed E-state index contributed by atoms with van der Waals surface area (Å²) in [7, 11) is 0. The van der Waals surface area contributed by atoms with Crippen LogP contribution in [0.1, 0.15) is 12.7 Å². The van der Waals surface area contributed by atoms with Crippen LogP contribution in [0.3, 0.4) is 0 Å². The van der Waals surface area contributed by atoms with Gasteiger partial charge in [-0.3, -0.25) is 4.79 Å². The van der Waals surface area contributed by atoms with Crippen LogP contribution in [0, 0.1) is 0 Å². The number of anilines is 1. The summed E-state index contributed by atoms with van der Waals surface area (Å²) in [5, 5.41) is 17.4. The van der Waals surface area contributed by atoms with Crippen LogP contribution in [0.25, 0.3) is 22.5 Å². The van der Waals surface area contributed by atoms with Gasteiger partial charge in [0.2, 0.25) is 5.91 Å². The van der Waals surface area contributed by atoms with Gasteiger partial charge in [-0.05, 0) is 25.1 Å². The van der Waals surface area contributed by atoms with E-state index in [0.717, 1.165) is 10.8 Å². The number of carbonyl (C=O) groups is 1. The van der Waals surface area contributed by atoms with E-state index in [9.17, 15) is 4.79 Å². The van der Waals surface area contributed by atoms with Crippen LogP contribution in [0.2, 0.25) is 0 Å². The Kier molecular flexibility index (Phi) is 4.49. The Balaban J connectivity index is 1.58. The zero-order valence-corrected chi connectivity index (χ0v) is 14.7. The minimum absolute atomic E-state index is 0.292. The molecule has 134 valence electrons. The number of hydrogen-bond acceptors (Lipinski definition) is 5. The maximum atomic E-state index is 12.3. The quantitative estimate of drug-likeness (QED) is 0.553. The maximum absolute atomic E-state index is 12.3. The van der Waals surface area contributed by atoms with E-state index in [4.69, 9.17) is 4.74 Å². The molecule has 1 N–H and O–H groups in total. The van der Waals surface area contributed by atoms with Gasteiger partial charge in [-0.15, -0.1) is 10.2 Å². The van der Waals surface area contributed by atoms with Gasteiger partial charge in [0.25, 0.3) is 0 Å². The first-order chi connectivity index (χ1) is 13.3. The van der Waals surface area contributed by atoms with E-state index in [-0.39, 0.29) is 5.91 Å². The summed E-state index contributed by atoms with van der Waals surface area (Å²) in [5.41, 5.74) is 1.26. The number of carbonyl (C=O) groups excluding carboxylic acids is 1. The van der Waals surface area contributed by atoms with Crippen molar-refractivity contribution in [2.45, 2.75) is 6.92 Å². The van der Waals surface area contributed by atoms with E-state index in [1.807, 2.05) is 49.4 Å². The standard InChI is InChI=1S/C20H17N5O2/c1-2-27-17-10-6-5-9-16(17)22-19(26)12-11-18-23-24-20-15-8-4-3-7-14(15)13-21-25(18)20/h3-13H,2H2,1H3,(H,22,26). The molecule has 27 heavy (non-hydrogen) atoms. The number of nitrogens with zero attached hydrogens (tertiary/aromatic N) is 4. The molecule has 4 aromatic rings. The normalized spacial score (nSPS) is 11.3. The molecule has 0 atom stereocenters. The lowest BCUT2D eigenvalue weighted by Crippen LogP contribution is -2.09. The summed E-state index contributed by atoms with van der Waals surface area (Å²) >= 11 is 0. The number of amides is 1. The van der Waals surface area contributed by atoms with Gasteiger partial charge in [0.1, 0.15) is 5.75 Å². The van der Waals surface area contributed by atoms with Gasteiger partial charge < -0.3 is 10.1 Å². The largest absolute Gasteiger partial charge is 0.492 e. The van der Waals surface area contributed by atoms with Gasteiger partial charge in [-0.2, -0.15) is 9.61 Å². The van der Waals surface area contributed by atoms with Crippen LogP contribution < -0.4 is 10.1 Å². The Labute approximate surface area is 155 Å². The van der Waals surface area contributed by atoms with Crippen LogP contribution in [0.15, 0.2) is 60.8 Å². The third kappa shape index (κ3) is 3.35. The Hall–Kier alpha value is -3.74. The smallest absolute Gasteiger partial charge is 0.248 e. The molecule has 0 aliphatic rings. The first kappa shape index (κ1) is 16.7. The number of para-hydroxylation sites is 2. The van der Waals surface area contributed by atoms with Crippen molar-refractivity contribution in [1.29, 1.82) is 0 Å². The van der Waals surface area contributed by atoms with Crippen LogP contribution in [0.5, 0.6) is 5.75 Å². The van der Waals surface area contributed by atoms with E-state index in [0.29, 0.717) is 29.5 Å². The predicted molar refractivity (Wildman–Crippen MR) is 104 cm³/mol. The highest BCUT2D eigenvalue weighted by atomic mass is 16.5. The van der Waals surface area contributed by atoms with Crippen molar-refractivity contribution in [1.82, 2.24) is 19.8 Å². The first-order valence-corrected chi connectivity index (χ1v) is 8.56. The molecular formula is C20H17N5O2. The van der Waals surface area contributed by atoms with E-state index in [1.54, 1.807) is 22.9 Å². The fraction of sp³-hybridized carbons (Fsp3) is 0.100. The average Bonchev–Trinajstić information content (AvgIpc) is 3.12. The van der Waals surface area contributed by atoms with Crippen molar-refractivity contribution in [3.63, 3.8) is 0 Å². The second-order valence-electron chi connectivity index (χ2n) is 5.78. The number of rotatable bonds is 5. The van der Waals surface area contributed by atoms with E-state index >= 15 is 0 Å². The molecule has 0 aliphatic carbocycles. The number of benzene rings is 2. The van der Waals surface area contributed by atoms with Gasteiger partial charge in [-0.25, -0.2) is 0 Å². The van der Waals surface area contributed by atoms with Crippen molar-refractivity contribution in [2.75, 3.05) is 11.9 Å². The fourth-order valence-corrected chi connectivity index (χ4v) is 2.79. The van der Waals surface area contributed by atoms with Crippen LogP contribution in [-0.2, 0) is 4.79 Å². The summed E-state index contributed by atoms with van der Waals surface area (Å²) in [4.78, 5) is 12.3. The van der Waals surface area contributed by atoms with Crippen molar-refractivity contribution in [3.05, 3.63) is 66.6 Å². The van der Waals surface area contributed by atoms with Gasteiger partial charge in [0.05, 0.1) is 18.5 Å². The second-order valence-corrected chi connectivity index (χ2v) is 5.78. The minimum atomic E-state index is -0.292. The number of ether oxygens (including phenoxy) is 1. The van der Waals surface area contributed by atoms with E-state index in [2.05, 4.69) is 20.6 Å². The Morgan fingerprint density at radius 1 is 1.15 bits per heavy atom. The molecular weight excluding hydrogens is 342 g/mol. The molecule has 2 aromatic heterocycles. The molecule has 0 spiro atoms. The van der Waals surface area contributed by atoms with Gasteiger partial charge in [0.15, 0.2) is 11.5 Å². The SMILES string of the molecule is CCOc1ccccc1NC(=O)C=Cc1nnc2c3ccccc3cnn12. The molecule has 1 amide bonds. The molecule has 0 fully saturated rings. The molecule has 2 heterocycles. The second kappa shape index (κ2) is 7.25. The first-order valence-electron chi connectivity index (χ1n) is 8.56. The lowest BCUT2D eigenvalue weighted by molar-refractivity contribution is -0.111. The highest BCUT2D eigenvalue weighted by molar-refractivity contribution is 6.02. The number of nitrogens with one attached hydrogen (secondary N) is 1. The molecule has 4 rings (SSSR count). The highest BCUT2D eigenvalue weighted by Crippen LogP contribution is 2.23. The molecule has 0 bridgehead atoms. The van der Waals surface area contributed by atoms with Crippen molar-refractivity contribution in [2.24, 2.45) is 0 Å². The van der Waals surface area contributed by atoms with Crippen LogP contribution >= 0.6 is 0 Å². The minimum Gasteiger partial charge on any atom is -0.492 e. The molecule has 7 heteroatoms. The zero-order valence-electron chi connectivity index (χ0n) is 14.7. The number of hydrogen-bond donors (Lipinski definition) is 1. The van der Waals surface area contributed by atoms with E-state index < -0.39 is 0 Å². The molecule has 7 nitrogen and oxygen atoms in total. The molecule has 0 unspecified atom stereocenters. The molecule has 0 saturated carbocycles. The molecule has 0 radical (unpaired) electrons. The summed E-state index contributed by atoms with van der Waals surface area (Å²) in [6.07, 6.45) is 4.73. The Morgan fingerprint density at radius 3 is 2.85 bits per heavy atom. The summed E-state index contributed by atoms with van der Waals surface area (Å²) in [6.45, 7) is 2.42. The van der Waals surface area contributed by atoms with Crippen molar-refractivity contribution < 1.29 is 9.53 Å². The van der Waals surface area contributed by atoms with Crippen molar-refractivity contribution >= 4 is 34.1 Å².